The van der Waals surface area contributed by atoms with Gasteiger partial charge in [0.15, 0.2) is 5.82 Å². The number of aromatic nitrogens is 2. The first kappa shape index (κ1) is 15.6. The largest absolute Gasteiger partial charge is 0.488 e. The van der Waals surface area contributed by atoms with Gasteiger partial charge in [-0.3, -0.25) is 0 Å². The molecular formula is C16H18ClFN2O. The summed E-state index contributed by atoms with van der Waals surface area (Å²) in [4.78, 5) is 0. The fourth-order valence-electron chi connectivity index (χ4n) is 1.98. The topological polar surface area (TPSA) is 27.1 Å². The van der Waals surface area contributed by atoms with Crippen LogP contribution in [-0.4, -0.2) is 16.4 Å². The van der Waals surface area contributed by atoms with Crippen LogP contribution in [0.15, 0.2) is 24.3 Å². The van der Waals surface area contributed by atoms with E-state index < -0.39 is 5.82 Å². The molecule has 0 N–H and O–H groups in total. The zero-order valence-corrected chi connectivity index (χ0v) is 13.3. The van der Waals surface area contributed by atoms with Gasteiger partial charge in [-0.2, -0.15) is 5.10 Å². The van der Waals surface area contributed by atoms with E-state index in [1.54, 1.807) is 10.7 Å². The van der Waals surface area contributed by atoms with Crippen LogP contribution in [0.1, 0.15) is 23.9 Å². The Morgan fingerprint density at radius 3 is 2.62 bits per heavy atom. The molecule has 112 valence electrons. The molecule has 2 rings (SSSR count). The second-order valence-electron chi connectivity index (χ2n) is 4.82. The van der Waals surface area contributed by atoms with Crippen molar-refractivity contribution in [1.29, 1.82) is 0 Å². The highest BCUT2D eigenvalue weighted by Gasteiger charge is 2.16. The highest BCUT2D eigenvalue weighted by atomic mass is 35.5. The summed E-state index contributed by atoms with van der Waals surface area (Å²) >= 11 is 6.03. The predicted molar refractivity (Wildman–Crippen MR) is 83.1 cm³/mol. The summed E-state index contributed by atoms with van der Waals surface area (Å²) < 4.78 is 21.3. The standard InChI is InChI=1S/C16H18ClFN2O/c1-5-6-7-21-16-9-15(14(18)8-13(16)17)20-12(4)10(2)11(3)19-20/h5-6,8-9H,7H2,1-4H3/b6-5+. The first-order valence-corrected chi connectivity index (χ1v) is 7.09. The van der Waals surface area contributed by atoms with E-state index in [4.69, 9.17) is 16.3 Å². The van der Waals surface area contributed by atoms with Gasteiger partial charge in [0.2, 0.25) is 0 Å². The van der Waals surface area contributed by atoms with E-state index in [1.807, 2.05) is 39.8 Å². The SMILES string of the molecule is C/C=C/COc1cc(-n2nc(C)c(C)c2C)c(F)cc1Cl. The number of nitrogens with zero attached hydrogens (tertiary/aromatic N) is 2. The van der Waals surface area contributed by atoms with E-state index in [2.05, 4.69) is 5.10 Å². The summed E-state index contributed by atoms with van der Waals surface area (Å²) in [5.41, 5.74) is 3.15. The van der Waals surface area contributed by atoms with Crippen LogP contribution in [0.2, 0.25) is 5.02 Å². The van der Waals surface area contributed by atoms with Crippen molar-refractivity contribution in [3.05, 3.63) is 52.1 Å². The average molecular weight is 309 g/mol. The number of benzene rings is 1. The van der Waals surface area contributed by atoms with Gasteiger partial charge in [-0.1, -0.05) is 23.8 Å². The Morgan fingerprint density at radius 2 is 2.05 bits per heavy atom. The molecule has 1 aromatic carbocycles. The normalized spacial score (nSPS) is 11.3. The van der Waals surface area contributed by atoms with Crippen LogP contribution in [-0.2, 0) is 0 Å². The second-order valence-corrected chi connectivity index (χ2v) is 5.23. The summed E-state index contributed by atoms with van der Waals surface area (Å²) in [6.07, 6.45) is 3.73. The lowest BCUT2D eigenvalue weighted by molar-refractivity contribution is 0.362. The minimum atomic E-state index is -0.427. The molecule has 0 aliphatic heterocycles. The Morgan fingerprint density at radius 1 is 1.33 bits per heavy atom. The van der Waals surface area contributed by atoms with Crippen molar-refractivity contribution < 1.29 is 9.13 Å². The van der Waals surface area contributed by atoms with E-state index >= 15 is 0 Å². The molecule has 21 heavy (non-hydrogen) atoms. The van der Waals surface area contributed by atoms with Crippen molar-refractivity contribution in [2.45, 2.75) is 27.7 Å². The van der Waals surface area contributed by atoms with Crippen molar-refractivity contribution in [3.8, 4) is 11.4 Å². The lowest BCUT2D eigenvalue weighted by Gasteiger charge is -2.11. The molecule has 3 nitrogen and oxygen atoms in total. The van der Waals surface area contributed by atoms with Crippen LogP contribution in [0.3, 0.4) is 0 Å². The lowest BCUT2D eigenvalue weighted by Crippen LogP contribution is -2.04. The second kappa shape index (κ2) is 6.31. The molecule has 0 spiro atoms. The molecule has 5 heteroatoms. The van der Waals surface area contributed by atoms with E-state index in [0.29, 0.717) is 18.0 Å². The molecule has 0 amide bonds. The zero-order valence-electron chi connectivity index (χ0n) is 12.6. The van der Waals surface area contributed by atoms with Gasteiger partial charge in [0, 0.05) is 11.8 Å². The number of aryl methyl sites for hydroxylation is 1. The number of rotatable bonds is 4. The average Bonchev–Trinajstić information content (AvgIpc) is 2.69. The number of allylic oxidation sites excluding steroid dienone is 1. The highest BCUT2D eigenvalue weighted by molar-refractivity contribution is 6.32. The molecule has 0 atom stereocenters. The predicted octanol–water partition coefficient (Wildman–Crippen LogP) is 4.54. The first-order valence-electron chi connectivity index (χ1n) is 6.72. The zero-order chi connectivity index (χ0) is 15.6. The summed E-state index contributed by atoms with van der Waals surface area (Å²) in [5.74, 6) is 0.0142. The summed E-state index contributed by atoms with van der Waals surface area (Å²) in [6.45, 7) is 8.06. The molecule has 0 aliphatic rings. The van der Waals surface area contributed by atoms with Gasteiger partial charge in [0.1, 0.15) is 18.0 Å². The maximum Gasteiger partial charge on any atom is 0.150 e. The maximum absolute atomic E-state index is 14.2. The summed E-state index contributed by atoms with van der Waals surface area (Å²) in [5, 5.41) is 4.62. The molecule has 2 aromatic rings. The molecule has 0 saturated heterocycles. The van der Waals surface area contributed by atoms with Gasteiger partial charge in [-0.25, -0.2) is 9.07 Å². The van der Waals surface area contributed by atoms with Crippen LogP contribution < -0.4 is 4.74 Å². The number of hydrogen-bond donors (Lipinski definition) is 0. The molecular weight excluding hydrogens is 291 g/mol. The van der Waals surface area contributed by atoms with Gasteiger partial charge >= 0.3 is 0 Å². The first-order chi connectivity index (χ1) is 9.95. The number of ether oxygens (including phenoxy) is 1. The van der Waals surface area contributed by atoms with E-state index in [-0.39, 0.29) is 5.02 Å². The third kappa shape index (κ3) is 3.10. The van der Waals surface area contributed by atoms with Gasteiger partial charge in [0.05, 0.1) is 10.7 Å². The van der Waals surface area contributed by atoms with Crippen LogP contribution in [0.25, 0.3) is 5.69 Å². The quantitative estimate of drug-likeness (QED) is 0.775. The lowest BCUT2D eigenvalue weighted by atomic mass is 10.2. The Labute approximate surface area is 129 Å². The Kier molecular flexibility index (Phi) is 4.68. The van der Waals surface area contributed by atoms with E-state index in [1.165, 1.54) is 6.07 Å². The van der Waals surface area contributed by atoms with Crippen molar-refractivity contribution >= 4 is 11.6 Å². The number of halogens is 2. The van der Waals surface area contributed by atoms with Crippen molar-refractivity contribution in [2.75, 3.05) is 6.61 Å². The van der Waals surface area contributed by atoms with Crippen molar-refractivity contribution in [3.63, 3.8) is 0 Å². The molecule has 0 aliphatic carbocycles. The molecule has 0 bridgehead atoms. The molecule has 1 aromatic heterocycles. The smallest absolute Gasteiger partial charge is 0.150 e. The van der Waals surface area contributed by atoms with Crippen molar-refractivity contribution in [2.24, 2.45) is 0 Å². The van der Waals surface area contributed by atoms with Crippen LogP contribution in [0, 0.1) is 26.6 Å². The monoisotopic (exact) mass is 308 g/mol. The minimum absolute atomic E-state index is 0.249. The molecule has 0 saturated carbocycles. The van der Waals surface area contributed by atoms with Crippen LogP contribution >= 0.6 is 11.6 Å². The number of hydrogen-bond acceptors (Lipinski definition) is 2. The third-order valence-corrected chi connectivity index (χ3v) is 3.75. The van der Waals surface area contributed by atoms with Crippen molar-refractivity contribution in [1.82, 2.24) is 9.78 Å². The molecule has 0 radical (unpaired) electrons. The molecule has 1 heterocycles. The fourth-order valence-corrected chi connectivity index (χ4v) is 2.19. The van der Waals surface area contributed by atoms with Gasteiger partial charge in [-0.05, 0) is 39.3 Å². The van der Waals surface area contributed by atoms with Gasteiger partial charge < -0.3 is 4.74 Å². The Balaban J connectivity index is 2.48. The third-order valence-electron chi connectivity index (χ3n) is 3.45. The minimum Gasteiger partial charge on any atom is -0.488 e. The highest BCUT2D eigenvalue weighted by Crippen LogP contribution is 2.30. The Bertz CT molecular complexity index is 692. The molecule has 0 unspecified atom stereocenters. The van der Waals surface area contributed by atoms with E-state index in [9.17, 15) is 4.39 Å². The fraction of sp³-hybridized carbons (Fsp3) is 0.312. The van der Waals surface area contributed by atoms with Crippen LogP contribution in [0.4, 0.5) is 4.39 Å². The van der Waals surface area contributed by atoms with E-state index in [0.717, 1.165) is 17.0 Å². The summed E-state index contributed by atoms with van der Waals surface area (Å²) in [6, 6.07) is 2.84. The maximum atomic E-state index is 14.2. The van der Waals surface area contributed by atoms with Gasteiger partial charge in [-0.15, -0.1) is 0 Å². The molecule has 0 fully saturated rings. The van der Waals surface area contributed by atoms with Gasteiger partial charge in [0.25, 0.3) is 0 Å². The van der Waals surface area contributed by atoms with Crippen LogP contribution in [0.5, 0.6) is 5.75 Å². The summed E-state index contributed by atoms with van der Waals surface area (Å²) in [7, 11) is 0. The Hall–Kier alpha value is -1.81.